The zero-order valence-electron chi connectivity index (χ0n) is 19.5. The summed E-state index contributed by atoms with van der Waals surface area (Å²) in [5.41, 5.74) is 4.16. The van der Waals surface area contributed by atoms with E-state index in [0.29, 0.717) is 16.5 Å². The highest BCUT2D eigenvalue weighted by molar-refractivity contribution is 6.31. The molecule has 4 aromatic rings. The molecule has 0 aliphatic heterocycles. The third-order valence-electron chi connectivity index (χ3n) is 4.32. The first-order valence-electron chi connectivity index (χ1n) is 10.4. The lowest BCUT2D eigenvalue weighted by Crippen LogP contribution is -2.21. The van der Waals surface area contributed by atoms with Gasteiger partial charge in [-0.15, -0.1) is 0 Å². The minimum atomic E-state index is -5.08. The van der Waals surface area contributed by atoms with Gasteiger partial charge in [-0.3, -0.25) is 0 Å². The Hall–Kier alpha value is -4.51. The van der Waals surface area contributed by atoms with Crippen molar-refractivity contribution in [3.8, 4) is 28.3 Å². The molecule has 11 nitrogen and oxygen atoms in total. The van der Waals surface area contributed by atoms with Gasteiger partial charge in [-0.1, -0.05) is 11.6 Å². The number of aliphatic hydroxyl groups is 1. The van der Waals surface area contributed by atoms with Crippen LogP contribution in [0.4, 0.5) is 26.3 Å². The van der Waals surface area contributed by atoms with Gasteiger partial charge in [0.25, 0.3) is 0 Å². The molecule has 40 heavy (non-hydrogen) atoms. The van der Waals surface area contributed by atoms with Crippen molar-refractivity contribution >= 4 is 34.6 Å². The number of alkyl halides is 6. The third-order valence-corrected chi connectivity index (χ3v) is 4.52. The topological polar surface area (TPSA) is 171 Å². The molecular formula is C22H16ClF6N5O6. The van der Waals surface area contributed by atoms with Crippen LogP contribution in [0.25, 0.3) is 33.4 Å². The monoisotopic (exact) mass is 595 g/mol. The number of pyridine rings is 2. The van der Waals surface area contributed by atoms with Gasteiger partial charge in [0.2, 0.25) is 5.88 Å². The average Bonchev–Trinajstić information content (AvgIpc) is 3.26. The van der Waals surface area contributed by atoms with E-state index < -0.39 is 24.3 Å². The van der Waals surface area contributed by atoms with Crippen molar-refractivity contribution in [2.45, 2.75) is 12.4 Å². The standard InChI is InChI=1S/C18H14ClN5O2.2C2HF3O2/c19-13-5-14-16(12-6-20-10-21-7-12)17(24-18(14)23-9-13)11-1-2-15(22-8-11)26-4-3-25;2*3-2(4,5)1(6)7/h1-2,5-10,25H,3-4H2,(H,23,24);2*(H,6,7). The van der Waals surface area contributed by atoms with Crippen LogP contribution < -0.4 is 4.74 Å². The van der Waals surface area contributed by atoms with Crippen molar-refractivity contribution in [2.24, 2.45) is 0 Å². The maximum absolute atomic E-state index is 10.6. The summed E-state index contributed by atoms with van der Waals surface area (Å²) in [6.45, 7) is 0.143. The molecule has 0 radical (unpaired) electrons. The summed E-state index contributed by atoms with van der Waals surface area (Å²) in [7, 11) is 0. The summed E-state index contributed by atoms with van der Waals surface area (Å²) in [6.07, 6.45) is -1.90. The van der Waals surface area contributed by atoms with Gasteiger partial charge >= 0.3 is 24.3 Å². The van der Waals surface area contributed by atoms with Gasteiger partial charge in [0.05, 0.1) is 17.3 Å². The molecular weight excluding hydrogens is 580 g/mol. The Kier molecular flexibility index (Phi) is 10.7. The van der Waals surface area contributed by atoms with Crippen LogP contribution in [-0.2, 0) is 9.59 Å². The Balaban J connectivity index is 0.000000333. The molecule has 0 saturated carbocycles. The third kappa shape index (κ3) is 9.05. The van der Waals surface area contributed by atoms with Gasteiger partial charge in [0.1, 0.15) is 18.6 Å². The van der Waals surface area contributed by atoms with Crippen LogP contribution in [0.3, 0.4) is 0 Å². The molecule has 0 saturated heterocycles. The number of hydrogen-bond donors (Lipinski definition) is 4. The zero-order valence-corrected chi connectivity index (χ0v) is 20.3. The SMILES string of the molecule is O=C(O)C(F)(F)F.O=C(O)C(F)(F)F.OCCOc1ccc(-c2[nH]c3ncc(Cl)cc3c2-c2cncnc2)cn1. The maximum atomic E-state index is 10.6. The summed E-state index contributed by atoms with van der Waals surface area (Å²) >= 11 is 6.15. The van der Waals surface area contributed by atoms with E-state index in [2.05, 4.69) is 24.9 Å². The van der Waals surface area contributed by atoms with E-state index >= 15 is 0 Å². The zero-order chi connectivity index (χ0) is 30.1. The highest BCUT2D eigenvalue weighted by Crippen LogP contribution is 2.38. The first-order chi connectivity index (χ1) is 18.6. The van der Waals surface area contributed by atoms with Crippen molar-refractivity contribution in [1.82, 2.24) is 24.9 Å². The number of aromatic nitrogens is 5. The van der Waals surface area contributed by atoms with Crippen LogP contribution in [0.1, 0.15) is 0 Å². The molecule has 0 atom stereocenters. The Morgan fingerprint density at radius 2 is 1.48 bits per heavy atom. The van der Waals surface area contributed by atoms with Crippen molar-refractivity contribution in [1.29, 1.82) is 0 Å². The van der Waals surface area contributed by atoms with Crippen LogP contribution in [0.15, 0.2) is 49.3 Å². The van der Waals surface area contributed by atoms with Gasteiger partial charge in [-0.2, -0.15) is 26.3 Å². The van der Waals surface area contributed by atoms with Gasteiger partial charge in [0, 0.05) is 52.9 Å². The van der Waals surface area contributed by atoms with Crippen molar-refractivity contribution in [2.75, 3.05) is 13.2 Å². The van der Waals surface area contributed by atoms with E-state index in [1.807, 2.05) is 12.1 Å². The summed E-state index contributed by atoms with van der Waals surface area (Å²) in [6, 6.07) is 5.50. The minimum absolute atomic E-state index is 0.0595. The van der Waals surface area contributed by atoms with Crippen LogP contribution in [-0.4, -0.2) is 77.7 Å². The predicted octanol–water partition coefficient (Wildman–Crippen LogP) is 4.37. The Labute approximate surface area is 224 Å². The van der Waals surface area contributed by atoms with Crippen LogP contribution >= 0.6 is 11.6 Å². The van der Waals surface area contributed by atoms with Crippen LogP contribution in [0, 0.1) is 0 Å². The molecule has 18 heteroatoms. The molecule has 4 N–H and O–H groups in total. The summed E-state index contributed by atoms with van der Waals surface area (Å²) in [5, 5.41) is 24.5. The number of ether oxygens (including phenoxy) is 1. The summed E-state index contributed by atoms with van der Waals surface area (Å²) in [5.74, 6) is -5.07. The number of carbonyl (C=O) groups is 2. The van der Waals surface area contributed by atoms with E-state index in [9.17, 15) is 26.3 Å². The molecule has 0 unspecified atom stereocenters. The molecule has 0 aliphatic rings. The largest absolute Gasteiger partial charge is 0.490 e. The number of hydrogen-bond acceptors (Lipinski definition) is 8. The van der Waals surface area contributed by atoms with Gasteiger partial charge in [0.15, 0.2) is 0 Å². The number of nitrogens with zero attached hydrogens (tertiary/aromatic N) is 4. The highest BCUT2D eigenvalue weighted by Gasteiger charge is 2.38. The molecule has 0 spiro atoms. The second-order valence-corrected chi connectivity index (χ2v) is 7.55. The number of aromatic amines is 1. The number of carboxylic acid groups (broad SMARTS) is 2. The molecule has 0 amide bonds. The van der Waals surface area contributed by atoms with Crippen molar-refractivity contribution in [3.05, 3.63) is 54.3 Å². The normalized spacial score (nSPS) is 11.1. The molecule has 0 bridgehead atoms. The molecule has 4 aromatic heterocycles. The highest BCUT2D eigenvalue weighted by atomic mass is 35.5. The van der Waals surface area contributed by atoms with E-state index in [-0.39, 0.29) is 13.2 Å². The number of carboxylic acids is 2. The fraction of sp³-hybridized carbons (Fsp3) is 0.182. The average molecular weight is 596 g/mol. The lowest BCUT2D eigenvalue weighted by molar-refractivity contribution is -0.193. The molecule has 0 aliphatic carbocycles. The Bertz CT molecular complexity index is 1410. The summed E-state index contributed by atoms with van der Waals surface area (Å²) < 4.78 is 68.8. The summed E-state index contributed by atoms with van der Waals surface area (Å²) in [4.78, 5) is 38.0. The van der Waals surface area contributed by atoms with Gasteiger partial charge in [-0.05, 0) is 12.1 Å². The molecule has 0 aromatic carbocycles. The van der Waals surface area contributed by atoms with Crippen molar-refractivity contribution in [3.63, 3.8) is 0 Å². The van der Waals surface area contributed by atoms with Crippen LogP contribution in [0.2, 0.25) is 5.02 Å². The minimum Gasteiger partial charge on any atom is -0.475 e. The fourth-order valence-electron chi connectivity index (χ4n) is 2.75. The predicted molar refractivity (Wildman–Crippen MR) is 125 cm³/mol. The molecule has 214 valence electrons. The molecule has 4 rings (SSSR count). The Morgan fingerprint density at radius 1 is 0.900 bits per heavy atom. The smallest absolute Gasteiger partial charge is 0.475 e. The number of halogens is 7. The van der Waals surface area contributed by atoms with Crippen molar-refractivity contribution < 1.29 is 56.0 Å². The van der Waals surface area contributed by atoms with E-state index in [1.54, 1.807) is 30.9 Å². The number of rotatable bonds is 5. The lowest BCUT2D eigenvalue weighted by atomic mass is 10.0. The number of H-pyrrole nitrogens is 1. The first kappa shape index (κ1) is 31.7. The maximum Gasteiger partial charge on any atom is 0.490 e. The number of aliphatic hydroxyl groups excluding tert-OH is 1. The van der Waals surface area contributed by atoms with E-state index in [4.69, 9.17) is 41.2 Å². The van der Waals surface area contributed by atoms with E-state index in [0.717, 1.165) is 27.8 Å². The quantitative estimate of drug-likeness (QED) is 0.243. The van der Waals surface area contributed by atoms with E-state index in [1.165, 1.54) is 6.33 Å². The lowest BCUT2D eigenvalue weighted by Gasteiger charge is -2.06. The Morgan fingerprint density at radius 3 is 1.95 bits per heavy atom. The fourth-order valence-corrected chi connectivity index (χ4v) is 2.91. The second kappa shape index (κ2) is 13.5. The van der Waals surface area contributed by atoms with Crippen LogP contribution in [0.5, 0.6) is 5.88 Å². The molecule has 0 fully saturated rings. The number of aliphatic carboxylic acids is 2. The number of nitrogens with one attached hydrogen (secondary N) is 1. The molecule has 4 heterocycles. The first-order valence-corrected chi connectivity index (χ1v) is 10.8. The van der Waals surface area contributed by atoms with Gasteiger partial charge < -0.3 is 25.0 Å². The second-order valence-electron chi connectivity index (χ2n) is 7.11. The number of fused-ring (bicyclic) bond motifs is 1. The van der Waals surface area contributed by atoms with Gasteiger partial charge in [-0.25, -0.2) is 29.5 Å².